The highest BCUT2D eigenvalue weighted by atomic mass is 16.5. The van der Waals surface area contributed by atoms with Crippen LogP contribution in [0.25, 0.3) is 0 Å². The predicted molar refractivity (Wildman–Crippen MR) is 111 cm³/mol. The molecule has 4 aliphatic carbocycles. The Morgan fingerprint density at radius 2 is 1.60 bits per heavy atom. The van der Waals surface area contributed by atoms with E-state index >= 15 is 0 Å². The van der Waals surface area contributed by atoms with Crippen LogP contribution in [0.3, 0.4) is 0 Å². The number of rotatable bonds is 6. The maximum absolute atomic E-state index is 12.5. The fourth-order valence-corrected chi connectivity index (χ4v) is 6.14. The molecule has 0 aliphatic heterocycles. The lowest BCUT2D eigenvalue weighted by Gasteiger charge is -2.56. The second-order valence-electron chi connectivity index (χ2n) is 9.56. The number of carbonyl (C=O) groups excluding carboxylic acids is 3. The van der Waals surface area contributed by atoms with Gasteiger partial charge < -0.3 is 10.1 Å². The average molecular weight is 414 g/mol. The van der Waals surface area contributed by atoms with Crippen LogP contribution < -0.4 is 16.2 Å². The zero-order chi connectivity index (χ0) is 21.1. The van der Waals surface area contributed by atoms with Crippen molar-refractivity contribution in [2.45, 2.75) is 64.5 Å². The molecular formula is C23H31N3O4. The lowest BCUT2D eigenvalue weighted by atomic mass is 9.49. The van der Waals surface area contributed by atoms with Crippen LogP contribution in [-0.4, -0.2) is 23.9 Å². The van der Waals surface area contributed by atoms with E-state index in [0.29, 0.717) is 6.42 Å². The standard InChI is InChI=1S/C23H31N3O4/c1-15(24-22(29)30-14-16-5-3-2-4-6-16)21(28)26-25-20(27)13-23-10-17-7-18(11-23)9-19(8-17)12-23/h2-6,15,17-19H,7-14H2,1H3,(H,24,29)(H,25,27)(H,26,28)/t15-,17?,18?,19?,23?/m0/s1. The van der Waals surface area contributed by atoms with Crippen LogP contribution >= 0.6 is 0 Å². The Labute approximate surface area is 177 Å². The molecule has 30 heavy (non-hydrogen) atoms. The van der Waals surface area contributed by atoms with Crippen molar-refractivity contribution in [2.75, 3.05) is 0 Å². The van der Waals surface area contributed by atoms with Gasteiger partial charge in [0.15, 0.2) is 0 Å². The number of hydrogen-bond acceptors (Lipinski definition) is 4. The van der Waals surface area contributed by atoms with Crippen LogP contribution in [-0.2, 0) is 20.9 Å². The highest BCUT2D eigenvalue weighted by Crippen LogP contribution is 2.61. The van der Waals surface area contributed by atoms with E-state index in [1.54, 1.807) is 6.92 Å². The van der Waals surface area contributed by atoms with E-state index in [9.17, 15) is 14.4 Å². The number of alkyl carbamates (subject to hydrolysis) is 1. The zero-order valence-corrected chi connectivity index (χ0v) is 17.5. The predicted octanol–water partition coefficient (Wildman–Crippen LogP) is 3.06. The summed E-state index contributed by atoms with van der Waals surface area (Å²) < 4.78 is 5.12. The summed E-state index contributed by atoms with van der Waals surface area (Å²) in [5.41, 5.74) is 5.96. The molecule has 0 saturated heterocycles. The maximum atomic E-state index is 12.5. The molecule has 162 valence electrons. The lowest BCUT2D eigenvalue weighted by Crippen LogP contribution is -2.53. The third-order valence-electron chi connectivity index (χ3n) is 6.97. The molecule has 7 heteroatoms. The van der Waals surface area contributed by atoms with Crippen molar-refractivity contribution in [3.63, 3.8) is 0 Å². The minimum atomic E-state index is -0.826. The van der Waals surface area contributed by atoms with Gasteiger partial charge in [0.25, 0.3) is 5.91 Å². The Morgan fingerprint density at radius 1 is 1.00 bits per heavy atom. The SMILES string of the molecule is C[C@H](NC(=O)OCc1ccccc1)C(=O)NNC(=O)CC12CC3CC(CC(C3)C1)C2. The molecule has 0 aromatic heterocycles. The van der Waals surface area contributed by atoms with Gasteiger partial charge in [0.2, 0.25) is 5.91 Å². The van der Waals surface area contributed by atoms with E-state index in [2.05, 4.69) is 16.2 Å². The molecule has 0 heterocycles. The van der Waals surface area contributed by atoms with Crippen LogP contribution in [0.5, 0.6) is 0 Å². The Hall–Kier alpha value is -2.57. The highest BCUT2D eigenvalue weighted by Gasteiger charge is 2.51. The Bertz CT molecular complexity index is 760. The summed E-state index contributed by atoms with van der Waals surface area (Å²) in [6, 6.07) is 8.48. The van der Waals surface area contributed by atoms with E-state index in [1.165, 1.54) is 19.3 Å². The molecule has 4 aliphatic rings. The molecule has 1 aromatic rings. The molecule has 4 bridgehead atoms. The van der Waals surface area contributed by atoms with Crippen LogP contribution in [0.4, 0.5) is 4.79 Å². The normalized spacial score (nSPS) is 29.7. The molecule has 0 radical (unpaired) electrons. The maximum Gasteiger partial charge on any atom is 0.408 e. The van der Waals surface area contributed by atoms with Crippen LogP contribution in [0.1, 0.15) is 57.4 Å². The van der Waals surface area contributed by atoms with Crippen molar-refractivity contribution in [2.24, 2.45) is 23.2 Å². The summed E-state index contributed by atoms with van der Waals surface area (Å²) in [6.45, 7) is 1.67. The van der Waals surface area contributed by atoms with Gasteiger partial charge in [0, 0.05) is 6.42 Å². The number of nitrogens with one attached hydrogen (secondary N) is 3. The molecule has 1 aromatic carbocycles. The summed E-state index contributed by atoms with van der Waals surface area (Å²) >= 11 is 0. The Morgan fingerprint density at radius 3 is 2.20 bits per heavy atom. The topological polar surface area (TPSA) is 96.5 Å². The Kier molecular flexibility index (Phi) is 5.97. The number of ether oxygens (including phenoxy) is 1. The van der Waals surface area contributed by atoms with Crippen molar-refractivity contribution in [3.8, 4) is 0 Å². The first kappa shape index (κ1) is 20.7. The van der Waals surface area contributed by atoms with Crippen molar-refractivity contribution in [3.05, 3.63) is 35.9 Å². The second kappa shape index (κ2) is 8.66. The van der Waals surface area contributed by atoms with Gasteiger partial charge in [-0.15, -0.1) is 0 Å². The van der Waals surface area contributed by atoms with Crippen LogP contribution in [0, 0.1) is 23.2 Å². The second-order valence-corrected chi connectivity index (χ2v) is 9.56. The minimum absolute atomic E-state index is 0.120. The van der Waals surface area contributed by atoms with Gasteiger partial charge in [-0.2, -0.15) is 0 Å². The molecule has 7 nitrogen and oxygen atoms in total. The van der Waals surface area contributed by atoms with Gasteiger partial charge in [-0.1, -0.05) is 30.3 Å². The summed E-state index contributed by atoms with van der Waals surface area (Å²) in [6.07, 6.45) is 7.23. The summed E-state index contributed by atoms with van der Waals surface area (Å²) in [5.74, 6) is 1.72. The van der Waals surface area contributed by atoms with E-state index in [4.69, 9.17) is 4.74 Å². The number of hydrogen-bond donors (Lipinski definition) is 3. The average Bonchev–Trinajstić information content (AvgIpc) is 2.70. The lowest BCUT2D eigenvalue weighted by molar-refractivity contribution is -0.134. The molecule has 4 fully saturated rings. The van der Waals surface area contributed by atoms with Gasteiger partial charge in [-0.25, -0.2) is 4.79 Å². The molecular weight excluding hydrogens is 382 g/mol. The molecule has 0 spiro atoms. The molecule has 4 saturated carbocycles. The van der Waals surface area contributed by atoms with Crippen molar-refractivity contribution in [1.29, 1.82) is 0 Å². The van der Waals surface area contributed by atoms with Crippen molar-refractivity contribution in [1.82, 2.24) is 16.2 Å². The summed E-state index contributed by atoms with van der Waals surface area (Å²) in [4.78, 5) is 36.6. The number of benzene rings is 1. The number of hydrazine groups is 1. The first-order valence-corrected chi connectivity index (χ1v) is 11.0. The molecule has 3 N–H and O–H groups in total. The monoisotopic (exact) mass is 413 g/mol. The van der Waals surface area contributed by atoms with Crippen LogP contribution in [0.2, 0.25) is 0 Å². The fourth-order valence-electron chi connectivity index (χ4n) is 6.14. The fraction of sp³-hybridized carbons (Fsp3) is 0.609. The zero-order valence-electron chi connectivity index (χ0n) is 17.5. The number of amides is 3. The van der Waals surface area contributed by atoms with Crippen molar-refractivity contribution < 1.29 is 19.1 Å². The van der Waals surface area contributed by atoms with Gasteiger partial charge in [-0.3, -0.25) is 20.4 Å². The first-order valence-electron chi connectivity index (χ1n) is 11.0. The smallest absolute Gasteiger partial charge is 0.408 e. The first-order chi connectivity index (χ1) is 14.4. The van der Waals surface area contributed by atoms with E-state index in [1.807, 2.05) is 30.3 Å². The highest BCUT2D eigenvalue weighted by molar-refractivity contribution is 5.87. The summed E-state index contributed by atoms with van der Waals surface area (Å²) in [5, 5.41) is 2.48. The van der Waals surface area contributed by atoms with Crippen LogP contribution in [0.15, 0.2) is 30.3 Å². The van der Waals surface area contributed by atoms with E-state index in [-0.39, 0.29) is 17.9 Å². The van der Waals surface area contributed by atoms with Gasteiger partial charge in [0.1, 0.15) is 12.6 Å². The molecule has 3 amide bonds. The quantitative estimate of drug-likeness (QED) is 0.625. The van der Waals surface area contributed by atoms with E-state index in [0.717, 1.165) is 42.6 Å². The molecule has 1 atom stereocenters. The molecule has 0 unspecified atom stereocenters. The van der Waals surface area contributed by atoms with Gasteiger partial charge >= 0.3 is 6.09 Å². The van der Waals surface area contributed by atoms with E-state index < -0.39 is 18.0 Å². The summed E-state index contributed by atoms with van der Waals surface area (Å²) in [7, 11) is 0. The third-order valence-corrected chi connectivity index (χ3v) is 6.97. The third kappa shape index (κ3) is 4.94. The molecule has 5 rings (SSSR count). The Balaban J connectivity index is 1.17. The van der Waals surface area contributed by atoms with Gasteiger partial charge in [0.05, 0.1) is 0 Å². The largest absolute Gasteiger partial charge is 0.445 e. The number of carbonyl (C=O) groups is 3. The van der Waals surface area contributed by atoms with Crippen molar-refractivity contribution >= 4 is 17.9 Å². The van der Waals surface area contributed by atoms with Gasteiger partial charge in [-0.05, 0) is 74.2 Å². The minimum Gasteiger partial charge on any atom is -0.445 e.